The molecule has 1 atom stereocenters. The number of carbonyl (C=O) groups excluding carboxylic acids is 1. The molecular formula is C17H21N3O3. The molecule has 1 saturated heterocycles. The fraction of sp³-hybridized carbons (Fsp3) is 0.471. The van der Waals surface area contributed by atoms with Gasteiger partial charge in [-0.25, -0.2) is 0 Å². The first-order valence-electron chi connectivity index (χ1n) is 7.93. The van der Waals surface area contributed by atoms with E-state index in [9.17, 15) is 4.79 Å². The lowest BCUT2D eigenvalue weighted by Gasteiger charge is -2.32. The number of rotatable bonds is 5. The SMILES string of the molecule is COC(=O)[C@@H]1CCCCN1Cc1nc(Cc2ccccc2)no1. The van der Waals surface area contributed by atoms with E-state index in [2.05, 4.69) is 15.0 Å². The number of hydrogen-bond donors (Lipinski definition) is 0. The minimum atomic E-state index is -0.210. The maximum absolute atomic E-state index is 11.9. The van der Waals surface area contributed by atoms with Gasteiger partial charge in [-0.1, -0.05) is 41.9 Å². The van der Waals surface area contributed by atoms with E-state index in [1.165, 1.54) is 7.11 Å². The Morgan fingerprint density at radius 1 is 1.35 bits per heavy atom. The van der Waals surface area contributed by atoms with Crippen LogP contribution in [-0.2, 0) is 22.5 Å². The molecule has 0 bridgehead atoms. The van der Waals surface area contributed by atoms with Crippen molar-refractivity contribution in [2.24, 2.45) is 0 Å². The third kappa shape index (κ3) is 3.96. The normalized spacial score (nSPS) is 18.7. The minimum absolute atomic E-state index is 0.186. The zero-order valence-electron chi connectivity index (χ0n) is 13.3. The molecule has 2 aromatic rings. The summed E-state index contributed by atoms with van der Waals surface area (Å²) in [5.74, 6) is 1.03. The molecule has 6 heteroatoms. The first kappa shape index (κ1) is 15.7. The van der Waals surface area contributed by atoms with Crippen LogP contribution in [0.4, 0.5) is 0 Å². The number of carbonyl (C=O) groups is 1. The van der Waals surface area contributed by atoms with E-state index >= 15 is 0 Å². The number of likely N-dealkylation sites (tertiary alicyclic amines) is 1. The quantitative estimate of drug-likeness (QED) is 0.788. The molecular weight excluding hydrogens is 294 g/mol. The fourth-order valence-corrected chi connectivity index (χ4v) is 2.96. The summed E-state index contributed by atoms with van der Waals surface area (Å²) in [5, 5.41) is 4.04. The molecule has 122 valence electrons. The Morgan fingerprint density at radius 2 is 2.17 bits per heavy atom. The maximum Gasteiger partial charge on any atom is 0.323 e. The summed E-state index contributed by atoms with van der Waals surface area (Å²) < 4.78 is 10.2. The number of nitrogens with zero attached hydrogens (tertiary/aromatic N) is 3. The Morgan fingerprint density at radius 3 is 2.96 bits per heavy atom. The number of methoxy groups -OCH3 is 1. The van der Waals surface area contributed by atoms with Crippen LogP contribution in [0.2, 0.25) is 0 Å². The van der Waals surface area contributed by atoms with E-state index in [0.717, 1.165) is 31.4 Å². The largest absolute Gasteiger partial charge is 0.468 e. The van der Waals surface area contributed by atoms with Gasteiger partial charge in [-0.15, -0.1) is 0 Å². The highest BCUT2D eigenvalue weighted by molar-refractivity contribution is 5.75. The van der Waals surface area contributed by atoms with Crippen molar-refractivity contribution >= 4 is 5.97 Å². The molecule has 0 spiro atoms. The van der Waals surface area contributed by atoms with Crippen LogP contribution in [0.5, 0.6) is 0 Å². The Balaban J connectivity index is 1.64. The molecule has 0 aliphatic carbocycles. The number of ether oxygens (including phenoxy) is 1. The molecule has 1 aliphatic heterocycles. The number of esters is 1. The van der Waals surface area contributed by atoms with Crippen LogP contribution in [0.3, 0.4) is 0 Å². The van der Waals surface area contributed by atoms with Crippen LogP contribution in [0.25, 0.3) is 0 Å². The smallest absolute Gasteiger partial charge is 0.323 e. The molecule has 1 fully saturated rings. The molecule has 0 saturated carbocycles. The van der Waals surface area contributed by atoms with Crippen molar-refractivity contribution in [2.75, 3.05) is 13.7 Å². The highest BCUT2D eigenvalue weighted by atomic mass is 16.5. The summed E-state index contributed by atoms with van der Waals surface area (Å²) in [4.78, 5) is 18.4. The summed E-state index contributed by atoms with van der Waals surface area (Å²) in [7, 11) is 1.43. The van der Waals surface area contributed by atoms with Crippen molar-refractivity contribution < 1.29 is 14.1 Å². The van der Waals surface area contributed by atoms with Gasteiger partial charge in [0.2, 0.25) is 5.89 Å². The predicted octanol–water partition coefficient (Wildman–Crippen LogP) is 2.19. The first-order chi connectivity index (χ1) is 11.3. The van der Waals surface area contributed by atoms with E-state index in [-0.39, 0.29) is 12.0 Å². The van der Waals surface area contributed by atoms with E-state index < -0.39 is 0 Å². The van der Waals surface area contributed by atoms with Gasteiger partial charge in [0.1, 0.15) is 6.04 Å². The van der Waals surface area contributed by atoms with Crippen LogP contribution >= 0.6 is 0 Å². The molecule has 0 amide bonds. The standard InChI is InChI=1S/C17H21N3O3/c1-22-17(21)14-9-5-6-10-20(14)12-16-18-15(19-23-16)11-13-7-3-2-4-8-13/h2-4,7-8,14H,5-6,9-12H2,1H3/t14-/m0/s1. The molecule has 3 rings (SSSR count). The third-order valence-corrected chi connectivity index (χ3v) is 4.14. The van der Waals surface area contributed by atoms with Gasteiger partial charge in [-0.05, 0) is 24.9 Å². The number of piperidine rings is 1. The number of aromatic nitrogens is 2. The molecule has 0 N–H and O–H groups in total. The van der Waals surface area contributed by atoms with Gasteiger partial charge in [0, 0.05) is 6.42 Å². The highest BCUT2D eigenvalue weighted by Gasteiger charge is 2.30. The highest BCUT2D eigenvalue weighted by Crippen LogP contribution is 2.20. The van der Waals surface area contributed by atoms with Crippen molar-refractivity contribution in [1.82, 2.24) is 15.0 Å². The summed E-state index contributed by atoms with van der Waals surface area (Å²) in [5.41, 5.74) is 1.14. The Labute approximate surface area is 135 Å². The average Bonchev–Trinajstić information content (AvgIpc) is 3.02. The van der Waals surface area contributed by atoms with E-state index in [1.807, 2.05) is 30.3 Å². The first-order valence-corrected chi connectivity index (χ1v) is 7.93. The zero-order valence-corrected chi connectivity index (χ0v) is 13.3. The van der Waals surface area contributed by atoms with Crippen molar-refractivity contribution in [3.8, 4) is 0 Å². The summed E-state index contributed by atoms with van der Waals surface area (Å²) in [6, 6.07) is 9.82. The molecule has 0 radical (unpaired) electrons. The third-order valence-electron chi connectivity index (χ3n) is 4.14. The monoisotopic (exact) mass is 315 g/mol. The van der Waals surface area contributed by atoms with Crippen LogP contribution in [-0.4, -0.2) is 40.7 Å². The summed E-state index contributed by atoms with van der Waals surface area (Å²) in [6.45, 7) is 1.33. The molecule has 23 heavy (non-hydrogen) atoms. The van der Waals surface area contributed by atoms with Gasteiger partial charge in [0.25, 0.3) is 0 Å². The Bertz CT molecular complexity index is 642. The number of benzene rings is 1. The fourth-order valence-electron chi connectivity index (χ4n) is 2.96. The average molecular weight is 315 g/mol. The predicted molar refractivity (Wildman–Crippen MR) is 83.6 cm³/mol. The molecule has 2 heterocycles. The Hall–Kier alpha value is -2.21. The second-order valence-corrected chi connectivity index (χ2v) is 5.77. The lowest BCUT2D eigenvalue weighted by molar-refractivity contribution is -0.148. The second kappa shape index (κ2) is 7.37. The summed E-state index contributed by atoms with van der Waals surface area (Å²) >= 11 is 0. The van der Waals surface area contributed by atoms with Gasteiger partial charge in [0.05, 0.1) is 13.7 Å². The molecule has 1 aromatic heterocycles. The van der Waals surface area contributed by atoms with Gasteiger partial charge >= 0.3 is 5.97 Å². The van der Waals surface area contributed by atoms with Crippen molar-refractivity contribution in [2.45, 2.75) is 38.3 Å². The van der Waals surface area contributed by atoms with Crippen LogP contribution < -0.4 is 0 Å². The molecule has 1 aromatic carbocycles. The van der Waals surface area contributed by atoms with E-state index in [4.69, 9.17) is 9.26 Å². The van der Waals surface area contributed by atoms with Gasteiger partial charge in [-0.2, -0.15) is 4.98 Å². The number of hydrogen-bond acceptors (Lipinski definition) is 6. The lowest BCUT2D eigenvalue weighted by atomic mass is 10.0. The van der Waals surface area contributed by atoms with Crippen LogP contribution in [0, 0.1) is 0 Å². The van der Waals surface area contributed by atoms with E-state index in [0.29, 0.717) is 24.7 Å². The van der Waals surface area contributed by atoms with Crippen LogP contribution in [0.15, 0.2) is 34.9 Å². The minimum Gasteiger partial charge on any atom is -0.468 e. The molecule has 0 unspecified atom stereocenters. The Kier molecular flexibility index (Phi) is 5.02. The summed E-state index contributed by atoms with van der Waals surface area (Å²) in [6.07, 6.45) is 3.57. The lowest BCUT2D eigenvalue weighted by Crippen LogP contribution is -2.44. The van der Waals surface area contributed by atoms with E-state index in [1.54, 1.807) is 0 Å². The topological polar surface area (TPSA) is 68.5 Å². The zero-order chi connectivity index (χ0) is 16.1. The second-order valence-electron chi connectivity index (χ2n) is 5.77. The molecule has 1 aliphatic rings. The maximum atomic E-state index is 11.9. The van der Waals surface area contributed by atoms with Crippen LogP contribution in [0.1, 0.15) is 36.5 Å². The van der Waals surface area contributed by atoms with Gasteiger partial charge < -0.3 is 9.26 Å². The van der Waals surface area contributed by atoms with Crippen molar-refractivity contribution in [1.29, 1.82) is 0 Å². The van der Waals surface area contributed by atoms with Crippen molar-refractivity contribution in [3.63, 3.8) is 0 Å². The van der Waals surface area contributed by atoms with Gasteiger partial charge in [-0.3, -0.25) is 9.69 Å². The molecule has 6 nitrogen and oxygen atoms in total. The van der Waals surface area contributed by atoms with Gasteiger partial charge in [0.15, 0.2) is 5.82 Å². The van der Waals surface area contributed by atoms with Crippen molar-refractivity contribution in [3.05, 3.63) is 47.6 Å².